The molecule has 0 spiro atoms. The molecule has 0 saturated carbocycles. The number of hydrogen-bond acceptors (Lipinski definition) is 3. The van der Waals surface area contributed by atoms with E-state index in [9.17, 15) is 14.7 Å². The van der Waals surface area contributed by atoms with Crippen LogP contribution in [0.2, 0.25) is 0 Å². The van der Waals surface area contributed by atoms with E-state index in [1.54, 1.807) is 4.90 Å². The van der Waals surface area contributed by atoms with E-state index in [2.05, 4.69) is 11.9 Å². The molecule has 2 atom stereocenters. The maximum atomic E-state index is 12.3. The van der Waals surface area contributed by atoms with Gasteiger partial charge in [0.2, 0.25) is 11.8 Å². The highest BCUT2D eigenvalue weighted by Crippen LogP contribution is 2.18. The molecule has 0 aliphatic carbocycles. The highest BCUT2D eigenvalue weighted by atomic mass is 16.3. The fourth-order valence-corrected chi connectivity index (χ4v) is 2.77. The van der Waals surface area contributed by atoms with Gasteiger partial charge in [-0.05, 0) is 31.4 Å². The van der Waals surface area contributed by atoms with Gasteiger partial charge in [-0.3, -0.25) is 9.59 Å². The van der Waals surface area contributed by atoms with Crippen molar-refractivity contribution in [2.45, 2.75) is 25.9 Å². The monoisotopic (exact) mass is 316 g/mol. The molecule has 1 aromatic rings. The minimum atomic E-state index is -0.728. The van der Waals surface area contributed by atoms with Crippen molar-refractivity contribution in [3.05, 3.63) is 48.0 Å². The fourth-order valence-electron chi connectivity index (χ4n) is 2.77. The van der Waals surface area contributed by atoms with Gasteiger partial charge in [-0.2, -0.15) is 0 Å². The average Bonchev–Trinajstić information content (AvgIpc) is 2.59. The number of carbonyl (C=O) groups is 2. The average molecular weight is 316 g/mol. The third kappa shape index (κ3) is 4.66. The molecule has 0 bridgehead atoms. The molecule has 1 aliphatic rings. The zero-order valence-corrected chi connectivity index (χ0v) is 13.5. The van der Waals surface area contributed by atoms with Crippen molar-refractivity contribution in [3.63, 3.8) is 0 Å². The molecule has 5 heteroatoms. The molecule has 0 radical (unpaired) electrons. The van der Waals surface area contributed by atoms with Gasteiger partial charge >= 0.3 is 0 Å². The van der Waals surface area contributed by atoms with Gasteiger partial charge in [0, 0.05) is 19.6 Å². The van der Waals surface area contributed by atoms with E-state index in [-0.39, 0.29) is 24.3 Å². The van der Waals surface area contributed by atoms with Crippen LogP contribution in [0.1, 0.15) is 30.1 Å². The van der Waals surface area contributed by atoms with Crippen LogP contribution in [0.3, 0.4) is 0 Å². The predicted molar refractivity (Wildman–Crippen MR) is 88.6 cm³/mol. The number of nitrogens with one attached hydrogen (secondary N) is 1. The lowest BCUT2D eigenvalue weighted by Crippen LogP contribution is -2.45. The van der Waals surface area contributed by atoms with Gasteiger partial charge in [0.15, 0.2) is 0 Å². The van der Waals surface area contributed by atoms with E-state index in [0.717, 1.165) is 24.0 Å². The van der Waals surface area contributed by atoms with Gasteiger partial charge in [0.1, 0.15) is 0 Å². The SMILES string of the molecule is C=CC(=O)N1CCCC(C(=O)NCC(O)c2ccc(C)cc2)C1. The number of rotatable bonds is 5. The topological polar surface area (TPSA) is 69.6 Å². The molecular weight excluding hydrogens is 292 g/mol. The summed E-state index contributed by atoms with van der Waals surface area (Å²) < 4.78 is 0. The van der Waals surface area contributed by atoms with E-state index in [4.69, 9.17) is 0 Å². The minimum absolute atomic E-state index is 0.113. The number of aryl methyl sites for hydroxylation is 1. The van der Waals surface area contributed by atoms with Crippen LogP contribution < -0.4 is 5.32 Å². The molecule has 2 rings (SSSR count). The Labute approximate surface area is 137 Å². The van der Waals surface area contributed by atoms with Crippen molar-refractivity contribution in [2.24, 2.45) is 5.92 Å². The summed E-state index contributed by atoms with van der Waals surface area (Å²) in [5.74, 6) is -0.474. The second kappa shape index (κ2) is 7.92. The number of aliphatic hydroxyl groups is 1. The summed E-state index contributed by atoms with van der Waals surface area (Å²) >= 11 is 0. The van der Waals surface area contributed by atoms with Crippen LogP contribution in [0.5, 0.6) is 0 Å². The minimum Gasteiger partial charge on any atom is -0.387 e. The second-order valence-electron chi connectivity index (χ2n) is 6.00. The number of piperidine rings is 1. The number of nitrogens with zero attached hydrogens (tertiary/aromatic N) is 1. The summed E-state index contributed by atoms with van der Waals surface area (Å²) in [4.78, 5) is 25.6. The van der Waals surface area contributed by atoms with E-state index < -0.39 is 6.10 Å². The van der Waals surface area contributed by atoms with Crippen LogP contribution in [0.15, 0.2) is 36.9 Å². The molecule has 1 fully saturated rings. The first-order valence-corrected chi connectivity index (χ1v) is 7.95. The molecule has 2 unspecified atom stereocenters. The number of hydrogen-bond donors (Lipinski definition) is 2. The van der Waals surface area contributed by atoms with Crippen LogP contribution in [-0.2, 0) is 9.59 Å². The summed E-state index contributed by atoms with van der Waals surface area (Å²) in [5.41, 5.74) is 1.90. The maximum Gasteiger partial charge on any atom is 0.245 e. The Kier molecular flexibility index (Phi) is 5.93. The normalized spacial score (nSPS) is 19.0. The largest absolute Gasteiger partial charge is 0.387 e. The predicted octanol–water partition coefficient (Wildman–Crippen LogP) is 1.57. The van der Waals surface area contributed by atoms with Gasteiger partial charge in [0.25, 0.3) is 0 Å². The third-order valence-corrected chi connectivity index (χ3v) is 4.21. The molecule has 124 valence electrons. The Morgan fingerprint density at radius 1 is 1.43 bits per heavy atom. The van der Waals surface area contributed by atoms with Crippen molar-refractivity contribution >= 4 is 11.8 Å². The number of likely N-dealkylation sites (tertiary alicyclic amines) is 1. The number of aliphatic hydroxyl groups excluding tert-OH is 1. The molecular formula is C18H24N2O3. The highest BCUT2D eigenvalue weighted by Gasteiger charge is 2.27. The van der Waals surface area contributed by atoms with E-state index in [1.165, 1.54) is 6.08 Å². The number of amides is 2. The summed E-state index contributed by atoms with van der Waals surface area (Å²) in [7, 11) is 0. The number of carbonyl (C=O) groups excluding carboxylic acids is 2. The lowest BCUT2D eigenvalue weighted by Gasteiger charge is -2.31. The summed E-state index contributed by atoms with van der Waals surface area (Å²) in [6.07, 6.45) is 2.11. The molecule has 1 saturated heterocycles. The van der Waals surface area contributed by atoms with Crippen LogP contribution >= 0.6 is 0 Å². The zero-order chi connectivity index (χ0) is 16.8. The van der Waals surface area contributed by atoms with Crippen LogP contribution in [-0.4, -0.2) is 41.5 Å². The van der Waals surface area contributed by atoms with Gasteiger partial charge in [-0.1, -0.05) is 36.4 Å². The molecule has 2 N–H and O–H groups in total. The maximum absolute atomic E-state index is 12.3. The fraction of sp³-hybridized carbons (Fsp3) is 0.444. The lowest BCUT2D eigenvalue weighted by atomic mass is 9.97. The summed E-state index contributed by atoms with van der Waals surface area (Å²) in [6, 6.07) is 7.58. The van der Waals surface area contributed by atoms with E-state index in [1.807, 2.05) is 31.2 Å². The molecule has 2 amide bonds. The zero-order valence-electron chi connectivity index (χ0n) is 13.5. The van der Waals surface area contributed by atoms with Crippen LogP contribution in [0, 0.1) is 12.8 Å². The lowest BCUT2D eigenvalue weighted by molar-refractivity contribution is -0.132. The molecule has 0 aromatic heterocycles. The Morgan fingerprint density at radius 2 is 2.13 bits per heavy atom. The van der Waals surface area contributed by atoms with Gasteiger partial charge in [-0.25, -0.2) is 0 Å². The van der Waals surface area contributed by atoms with Crippen molar-refractivity contribution in [2.75, 3.05) is 19.6 Å². The van der Waals surface area contributed by atoms with Crippen molar-refractivity contribution in [1.82, 2.24) is 10.2 Å². The van der Waals surface area contributed by atoms with Gasteiger partial charge in [0.05, 0.1) is 12.0 Å². The molecule has 1 aromatic carbocycles. The first-order chi connectivity index (χ1) is 11.0. The smallest absolute Gasteiger partial charge is 0.245 e. The van der Waals surface area contributed by atoms with Crippen LogP contribution in [0.4, 0.5) is 0 Å². The Hall–Kier alpha value is -2.14. The second-order valence-corrected chi connectivity index (χ2v) is 6.00. The van der Waals surface area contributed by atoms with E-state index in [0.29, 0.717) is 13.1 Å². The van der Waals surface area contributed by atoms with E-state index >= 15 is 0 Å². The standard InChI is InChI=1S/C18H24N2O3/c1-3-17(22)20-10-4-5-15(12-20)18(23)19-11-16(21)14-8-6-13(2)7-9-14/h3,6-9,15-16,21H,1,4-5,10-12H2,2H3,(H,19,23). The Bertz CT molecular complexity index is 568. The van der Waals surface area contributed by atoms with Crippen LogP contribution in [0.25, 0.3) is 0 Å². The molecule has 23 heavy (non-hydrogen) atoms. The molecule has 1 aliphatic heterocycles. The molecule has 1 heterocycles. The quantitative estimate of drug-likeness (QED) is 0.810. The van der Waals surface area contributed by atoms with Crippen molar-refractivity contribution in [3.8, 4) is 0 Å². The van der Waals surface area contributed by atoms with Crippen molar-refractivity contribution in [1.29, 1.82) is 0 Å². The Morgan fingerprint density at radius 3 is 2.78 bits per heavy atom. The van der Waals surface area contributed by atoms with Gasteiger partial charge in [-0.15, -0.1) is 0 Å². The van der Waals surface area contributed by atoms with Gasteiger partial charge < -0.3 is 15.3 Å². The summed E-state index contributed by atoms with van der Waals surface area (Å²) in [6.45, 7) is 6.72. The summed E-state index contributed by atoms with van der Waals surface area (Å²) in [5, 5.41) is 12.9. The number of benzene rings is 1. The van der Waals surface area contributed by atoms with Crippen molar-refractivity contribution < 1.29 is 14.7 Å². The highest BCUT2D eigenvalue weighted by molar-refractivity contribution is 5.88. The first-order valence-electron chi connectivity index (χ1n) is 7.95. The Balaban J connectivity index is 1.85. The first kappa shape index (κ1) is 17.2. The third-order valence-electron chi connectivity index (χ3n) is 4.21. The molecule has 5 nitrogen and oxygen atoms in total.